The van der Waals surface area contributed by atoms with Crippen LogP contribution in [0.5, 0.6) is 0 Å². The molecule has 0 aliphatic carbocycles. The van der Waals surface area contributed by atoms with Gasteiger partial charge in [0.25, 0.3) is 0 Å². The number of fused-ring (bicyclic) bond motifs is 1. The highest BCUT2D eigenvalue weighted by Gasteiger charge is 2.14. The molecule has 2 aromatic heterocycles. The van der Waals surface area contributed by atoms with E-state index in [-0.39, 0.29) is 11.9 Å². The number of aromatic nitrogens is 2. The summed E-state index contributed by atoms with van der Waals surface area (Å²) in [5.74, 6) is 0.0282. The summed E-state index contributed by atoms with van der Waals surface area (Å²) in [6, 6.07) is 12.1. The van der Waals surface area contributed by atoms with Gasteiger partial charge in [-0.1, -0.05) is 17.7 Å². The van der Waals surface area contributed by atoms with Gasteiger partial charge in [-0.2, -0.15) is 0 Å². The zero-order valence-electron chi connectivity index (χ0n) is 14.6. The minimum atomic E-state index is 0.0282. The third-order valence-electron chi connectivity index (χ3n) is 4.10. The van der Waals surface area contributed by atoms with E-state index in [0.29, 0.717) is 11.9 Å². The van der Waals surface area contributed by atoms with E-state index < -0.39 is 0 Å². The normalized spacial score (nSPS) is 12.3. The molecule has 3 rings (SSSR count). The molecule has 0 saturated carbocycles. The van der Waals surface area contributed by atoms with Gasteiger partial charge >= 0.3 is 0 Å². The molecule has 1 N–H and O–H groups in total. The lowest BCUT2D eigenvalue weighted by atomic mass is 10.1. The van der Waals surface area contributed by atoms with Crippen molar-refractivity contribution in [2.45, 2.75) is 40.2 Å². The van der Waals surface area contributed by atoms with Crippen LogP contribution in [0.1, 0.15) is 35.5 Å². The Morgan fingerprint density at radius 2 is 2.00 bits per heavy atom. The first-order valence-electron chi connectivity index (χ1n) is 8.28. The fourth-order valence-electron chi connectivity index (χ4n) is 2.98. The molecule has 0 radical (unpaired) electrons. The molecule has 0 bridgehead atoms. The van der Waals surface area contributed by atoms with E-state index in [1.165, 1.54) is 5.56 Å². The molecule has 0 atom stereocenters. The lowest BCUT2D eigenvalue weighted by Crippen LogP contribution is -2.28. The van der Waals surface area contributed by atoms with Crippen LogP contribution < -0.4 is 5.49 Å². The van der Waals surface area contributed by atoms with E-state index in [1.807, 2.05) is 39.0 Å². The second kappa shape index (κ2) is 6.48. The van der Waals surface area contributed by atoms with Crippen LogP contribution in [-0.4, -0.2) is 21.5 Å². The summed E-state index contributed by atoms with van der Waals surface area (Å²) in [4.78, 5) is 20.8. The van der Waals surface area contributed by atoms with Crippen molar-refractivity contribution in [3.63, 3.8) is 0 Å². The molecule has 0 aliphatic rings. The molecule has 0 amide bonds. The SMILES string of the molecule is Cc1ccc2[nH]c(C)c(CC(=O)n3ccccc3=NC(C)C)c2c1. The van der Waals surface area contributed by atoms with Crippen LogP contribution in [0.4, 0.5) is 0 Å². The van der Waals surface area contributed by atoms with Gasteiger partial charge in [-0.25, -0.2) is 0 Å². The van der Waals surface area contributed by atoms with Crippen molar-refractivity contribution in [2.75, 3.05) is 0 Å². The number of hydrogen-bond acceptors (Lipinski definition) is 2. The molecule has 3 aromatic rings. The molecule has 1 aromatic carbocycles. The molecule has 0 unspecified atom stereocenters. The summed E-state index contributed by atoms with van der Waals surface area (Å²) in [5, 5.41) is 1.12. The monoisotopic (exact) mass is 321 g/mol. The number of benzene rings is 1. The van der Waals surface area contributed by atoms with E-state index in [1.54, 1.807) is 10.8 Å². The standard InChI is InChI=1S/C20H23N3O/c1-13(2)21-19-7-5-6-10-23(19)20(24)12-16-15(4)22-18-9-8-14(3)11-17(16)18/h5-11,13,22H,12H2,1-4H3. The third kappa shape index (κ3) is 3.18. The van der Waals surface area contributed by atoms with Crippen molar-refractivity contribution >= 4 is 16.8 Å². The number of nitrogens with zero attached hydrogens (tertiary/aromatic N) is 2. The van der Waals surface area contributed by atoms with Gasteiger partial charge < -0.3 is 4.98 Å². The van der Waals surface area contributed by atoms with Crippen molar-refractivity contribution in [2.24, 2.45) is 4.99 Å². The van der Waals surface area contributed by atoms with Gasteiger partial charge in [0.05, 0.1) is 6.42 Å². The highest BCUT2D eigenvalue weighted by Crippen LogP contribution is 2.24. The quantitative estimate of drug-likeness (QED) is 0.784. The molecule has 24 heavy (non-hydrogen) atoms. The Balaban J connectivity index is 2.03. The fraction of sp³-hybridized carbons (Fsp3) is 0.300. The van der Waals surface area contributed by atoms with Gasteiger partial charge in [-0.3, -0.25) is 14.4 Å². The summed E-state index contributed by atoms with van der Waals surface area (Å²) in [6.07, 6.45) is 2.14. The van der Waals surface area contributed by atoms with Crippen molar-refractivity contribution in [3.8, 4) is 0 Å². The Bertz CT molecular complexity index is 960. The molecule has 124 valence electrons. The van der Waals surface area contributed by atoms with Crippen LogP contribution in [0.25, 0.3) is 10.9 Å². The lowest BCUT2D eigenvalue weighted by Gasteiger charge is -2.08. The molecule has 4 heteroatoms. The van der Waals surface area contributed by atoms with Gasteiger partial charge in [-0.05, 0) is 57.5 Å². The topological polar surface area (TPSA) is 50.1 Å². The maximum atomic E-state index is 12.9. The zero-order chi connectivity index (χ0) is 17.3. The molecule has 0 spiro atoms. The Labute approximate surface area is 141 Å². The van der Waals surface area contributed by atoms with Crippen LogP contribution in [0.3, 0.4) is 0 Å². The number of hydrogen-bond donors (Lipinski definition) is 1. The highest BCUT2D eigenvalue weighted by atomic mass is 16.2. The molecule has 0 aliphatic heterocycles. The summed E-state index contributed by atoms with van der Waals surface area (Å²) in [6.45, 7) is 8.11. The average Bonchev–Trinajstić information content (AvgIpc) is 2.83. The predicted molar refractivity (Wildman–Crippen MR) is 97.2 cm³/mol. The van der Waals surface area contributed by atoms with E-state index in [9.17, 15) is 4.79 Å². The van der Waals surface area contributed by atoms with Gasteiger partial charge in [0.1, 0.15) is 5.49 Å². The summed E-state index contributed by atoms with van der Waals surface area (Å²) in [7, 11) is 0. The van der Waals surface area contributed by atoms with Crippen LogP contribution in [0, 0.1) is 13.8 Å². The maximum absolute atomic E-state index is 12.9. The zero-order valence-corrected chi connectivity index (χ0v) is 14.6. The van der Waals surface area contributed by atoms with E-state index in [4.69, 9.17) is 0 Å². The maximum Gasteiger partial charge on any atom is 0.236 e. The number of H-pyrrole nitrogens is 1. The average molecular weight is 321 g/mol. The van der Waals surface area contributed by atoms with Crippen molar-refractivity contribution < 1.29 is 4.79 Å². The van der Waals surface area contributed by atoms with Gasteiger partial charge in [-0.15, -0.1) is 0 Å². The van der Waals surface area contributed by atoms with Crippen LogP contribution in [0.2, 0.25) is 0 Å². The van der Waals surface area contributed by atoms with Gasteiger partial charge in [0.2, 0.25) is 5.91 Å². The first-order valence-corrected chi connectivity index (χ1v) is 8.28. The lowest BCUT2D eigenvalue weighted by molar-refractivity contribution is 0.0908. The first kappa shape index (κ1) is 16.2. The van der Waals surface area contributed by atoms with Crippen molar-refractivity contribution in [1.29, 1.82) is 0 Å². The Kier molecular flexibility index (Phi) is 4.38. The second-order valence-corrected chi connectivity index (χ2v) is 6.50. The number of pyridine rings is 1. The van der Waals surface area contributed by atoms with Crippen molar-refractivity contribution in [1.82, 2.24) is 9.55 Å². The molecule has 0 fully saturated rings. The van der Waals surface area contributed by atoms with Crippen molar-refractivity contribution in [3.05, 3.63) is 64.9 Å². The Morgan fingerprint density at radius 1 is 1.21 bits per heavy atom. The van der Waals surface area contributed by atoms with Gasteiger partial charge in [0.15, 0.2) is 0 Å². The smallest absolute Gasteiger partial charge is 0.236 e. The predicted octanol–water partition coefficient (Wildman–Crippen LogP) is 3.78. The largest absolute Gasteiger partial charge is 0.358 e. The second-order valence-electron chi connectivity index (χ2n) is 6.50. The number of aryl methyl sites for hydroxylation is 2. The van der Waals surface area contributed by atoms with Crippen LogP contribution in [0.15, 0.2) is 47.6 Å². The molecule has 0 saturated heterocycles. The first-order chi connectivity index (χ1) is 11.5. The molecular weight excluding hydrogens is 298 g/mol. The van der Waals surface area contributed by atoms with Crippen LogP contribution >= 0.6 is 0 Å². The van der Waals surface area contributed by atoms with Crippen LogP contribution in [-0.2, 0) is 6.42 Å². The third-order valence-corrected chi connectivity index (χ3v) is 4.10. The Morgan fingerprint density at radius 3 is 2.75 bits per heavy atom. The number of nitrogens with one attached hydrogen (secondary N) is 1. The summed E-state index contributed by atoms with van der Waals surface area (Å²) < 4.78 is 1.65. The highest BCUT2D eigenvalue weighted by molar-refractivity contribution is 5.91. The molecule has 4 nitrogen and oxygen atoms in total. The Hall–Kier alpha value is -2.62. The number of rotatable bonds is 3. The number of carbonyl (C=O) groups is 1. The van der Waals surface area contributed by atoms with E-state index in [2.05, 4.69) is 35.1 Å². The van der Waals surface area contributed by atoms with E-state index in [0.717, 1.165) is 22.2 Å². The fourth-order valence-corrected chi connectivity index (χ4v) is 2.98. The van der Waals surface area contributed by atoms with Gasteiger partial charge in [0, 0.05) is 28.8 Å². The summed E-state index contributed by atoms with van der Waals surface area (Å²) in [5.41, 5.74) is 5.07. The van der Waals surface area contributed by atoms with E-state index >= 15 is 0 Å². The molecular formula is C20H23N3O. The number of aromatic amines is 1. The minimum absolute atomic E-state index is 0.0282. The molecule has 2 heterocycles. The minimum Gasteiger partial charge on any atom is -0.358 e. The summed E-state index contributed by atoms with van der Waals surface area (Å²) >= 11 is 0. The number of carbonyl (C=O) groups excluding carboxylic acids is 1.